The Balaban J connectivity index is 2.75. The number of nitriles is 3. The highest BCUT2D eigenvalue weighted by molar-refractivity contribution is 6.11. The molecule has 5 nitrogen and oxygen atoms in total. The van der Waals surface area contributed by atoms with Crippen LogP contribution in [0, 0.1) is 34.0 Å². The summed E-state index contributed by atoms with van der Waals surface area (Å²) < 4.78 is 11.0. The van der Waals surface area contributed by atoms with Crippen LogP contribution in [-0.4, -0.2) is 14.2 Å². The molecule has 0 radical (unpaired) electrons. The Kier molecular flexibility index (Phi) is 3.66. The first-order valence-corrected chi connectivity index (χ1v) is 7.05. The number of ether oxygens (including phenoxy) is 2. The second-order valence-electron chi connectivity index (χ2n) is 5.05. The topological polar surface area (TPSA) is 89.8 Å². The van der Waals surface area contributed by atoms with Gasteiger partial charge in [0.25, 0.3) is 0 Å². The number of hydrogen-bond donors (Lipinski definition) is 0. The Labute approximate surface area is 138 Å². The molecule has 5 heteroatoms. The zero-order chi connectivity index (χ0) is 17.3. The van der Waals surface area contributed by atoms with Crippen molar-refractivity contribution in [3.8, 4) is 29.7 Å². The average molecular weight is 313 g/mol. The molecule has 0 saturated carbocycles. The highest BCUT2D eigenvalue weighted by Gasteiger charge is 2.24. The molecule has 3 aromatic rings. The van der Waals surface area contributed by atoms with Crippen molar-refractivity contribution in [1.82, 2.24) is 0 Å². The Bertz CT molecular complexity index is 1110. The Morgan fingerprint density at radius 2 is 1.38 bits per heavy atom. The maximum Gasteiger partial charge on any atom is 0.149 e. The predicted molar refractivity (Wildman–Crippen MR) is 88.7 cm³/mol. The van der Waals surface area contributed by atoms with E-state index in [0.717, 1.165) is 10.8 Å². The molecule has 3 aromatic carbocycles. The predicted octanol–water partition coefficient (Wildman–Crippen LogP) is 3.63. The van der Waals surface area contributed by atoms with E-state index in [1.54, 1.807) is 0 Å². The minimum absolute atomic E-state index is 0.0154. The second-order valence-corrected chi connectivity index (χ2v) is 5.05. The molecule has 0 atom stereocenters. The molecule has 114 valence electrons. The standard InChI is InChI=1S/C19H11N3O2/c1-23-18-12-6-4-3-5-11(12)7-13-14(8-20)15(9-21)16(10-22)19(24-2)17(13)18/h3-7H,1-2H3. The first-order chi connectivity index (χ1) is 11.7. The van der Waals surface area contributed by atoms with Crippen molar-refractivity contribution in [2.45, 2.75) is 0 Å². The zero-order valence-electron chi connectivity index (χ0n) is 13.0. The van der Waals surface area contributed by atoms with Crippen LogP contribution in [0.15, 0.2) is 30.3 Å². The summed E-state index contributed by atoms with van der Waals surface area (Å²) in [5.74, 6) is 0.753. The molecule has 0 aliphatic rings. The minimum Gasteiger partial charge on any atom is -0.495 e. The SMILES string of the molecule is COc1c(C#N)c(C#N)c(C#N)c2cc3ccccc3c(OC)c12. The molecule has 0 heterocycles. The fraction of sp³-hybridized carbons (Fsp3) is 0.105. The van der Waals surface area contributed by atoms with E-state index in [4.69, 9.17) is 9.47 Å². The third kappa shape index (κ3) is 1.92. The van der Waals surface area contributed by atoms with E-state index in [9.17, 15) is 15.8 Å². The van der Waals surface area contributed by atoms with E-state index in [1.165, 1.54) is 14.2 Å². The minimum atomic E-state index is 0.0154. The number of nitrogens with zero attached hydrogens (tertiary/aromatic N) is 3. The molecule has 3 rings (SSSR count). The summed E-state index contributed by atoms with van der Waals surface area (Å²) in [6.07, 6.45) is 0. The van der Waals surface area contributed by atoms with Gasteiger partial charge in [-0.2, -0.15) is 15.8 Å². The van der Waals surface area contributed by atoms with Crippen molar-refractivity contribution in [1.29, 1.82) is 15.8 Å². The lowest BCUT2D eigenvalue weighted by molar-refractivity contribution is 0.406. The Morgan fingerprint density at radius 1 is 0.750 bits per heavy atom. The van der Waals surface area contributed by atoms with Crippen molar-refractivity contribution in [2.75, 3.05) is 14.2 Å². The van der Waals surface area contributed by atoms with Crippen LogP contribution in [-0.2, 0) is 0 Å². The molecule has 24 heavy (non-hydrogen) atoms. The van der Waals surface area contributed by atoms with E-state index in [2.05, 4.69) is 0 Å². The van der Waals surface area contributed by atoms with Crippen LogP contribution in [0.4, 0.5) is 0 Å². The van der Waals surface area contributed by atoms with Gasteiger partial charge >= 0.3 is 0 Å². The Hall–Kier alpha value is -3.75. The van der Waals surface area contributed by atoms with Gasteiger partial charge < -0.3 is 9.47 Å². The number of fused-ring (bicyclic) bond motifs is 2. The molecule has 0 amide bonds. The fourth-order valence-electron chi connectivity index (χ4n) is 2.99. The van der Waals surface area contributed by atoms with E-state index < -0.39 is 0 Å². The van der Waals surface area contributed by atoms with E-state index >= 15 is 0 Å². The van der Waals surface area contributed by atoms with Crippen molar-refractivity contribution in [3.63, 3.8) is 0 Å². The lowest BCUT2D eigenvalue weighted by Gasteiger charge is -2.16. The number of rotatable bonds is 2. The van der Waals surface area contributed by atoms with Gasteiger partial charge in [-0.3, -0.25) is 0 Å². The van der Waals surface area contributed by atoms with Crippen LogP contribution in [0.2, 0.25) is 0 Å². The summed E-state index contributed by atoms with van der Waals surface area (Å²) in [5.41, 5.74) is 0.202. The third-order valence-corrected chi connectivity index (χ3v) is 3.97. The van der Waals surface area contributed by atoms with Gasteiger partial charge in [-0.05, 0) is 11.5 Å². The lowest BCUT2D eigenvalue weighted by atomic mass is 9.91. The summed E-state index contributed by atoms with van der Waals surface area (Å²) in [5, 5.41) is 31.3. The van der Waals surface area contributed by atoms with Gasteiger partial charge in [0.1, 0.15) is 35.3 Å². The number of methoxy groups -OCH3 is 2. The molecule has 0 aliphatic carbocycles. The van der Waals surface area contributed by atoms with Crippen LogP contribution in [0.25, 0.3) is 21.5 Å². The maximum atomic E-state index is 9.57. The zero-order valence-corrected chi connectivity index (χ0v) is 13.0. The number of hydrogen-bond acceptors (Lipinski definition) is 5. The normalized spacial score (nSPS) is 9.96. The molecular formula is C19H11N3O2. The smallest absolute Gasteiger partial charge is 0.149 e. The van der Waals surface area contributed by atoms with E-state index in [1.807, 2.05) is 48.5 Å². The fourth-order valence-corrected chi connectivity index (χ4v) is 2.99. The average Bonchev–Trinajstić information content (AvgIpc) is 2.63. The van der Waals surface area contributed by atoms with Crippen molar-refractivity contribution >= 4 is 21.5 Å². The van der Waals surface area contributed by atoms with Crippen LogP contribution in [0.3, 0.4) is 0 Å². The van der Waals surface area contributed by atoms with Gasteiger partial charge in [0, 0.05) is 10.8 Å². The van der Waals surface area contributed by atoms with Crippen molar-refractivity contribution in [2.24, 2.45) is 0 Å². The first kappa shape index (κ1) is 15.2. The van der Waals surface area contributed by atoms with Gasteiger partial charge in [0.15, 0.2) is 0 Å². The van der Waals surface area contributed by atoms with Crippen LogP contribution in [0.1, 0.15) is 16.7 Å². The molecule has 0 spiro atoms. The first-order valence-electron chi connectivity index (χ1n) is 7.05. The largest absolute Gasteiger partial charge is 0.495 e. The molecular weight excluding hydrogens is 302 g/mol. The molecule has 0 fully saturated rings. The van der Waals surface area contributed by atoms with E-state index in [-0.39, 0.29) is 22.4 Å². The highest BCUT2D eigenvalue weighted by Crippen LogP contribution is 2.44. The summed E-state index contributed by atoms with van der Waals surface area (Å²) >= 11 is 0. The molecule has 0 aliphatic heterocycles. The number of benzene rings is 3. The molecule has 0 N–H and O–H groups in total. The van der Waals surface area contributed by atoms with Gasteiger partial charge in [-0.25, -0.2) is 0 Å². The summed E-state index contributed by atoms with van der Waals surface area (Å²) in [6, 6.07) is 15.3. The van der Waals surface area contributed by atoms with Crippen LogP contribution < -0.4 is 9.47 Å². The van der Waals surface area contributed by atoms with Gasteiger partial charge in [0.2, 0.25) is 0 Å². The Morgan fingerprint density at radius 3 is 1.96 bits per heavy atom. The van der Waals surface area contributed by atoms with Gasteiger partial charge in [0.05, 0.1) is 30.7 Å². The third-order valence-electron chi connectivity index (χ3n) is 3.97. The molecule has 0 bridgehead atoms. The van der Waals surface area contributed by atoms with Gasteiger partial charge in [-0.15, -0.1) is 0 Å². The lowest BCUT2D eigenvalue weighted by Crippen LogP contribution is -2.00. The molecule has 0 saturated heterocycles. The van der Waals surface area contributed by atoms with Crippen molar-refractivity contribution < 1.29 is 9.47 Å². The monoisotopic (exact) mass is 313 g/mol. The maximum absolute atomic E-state index is 9.57. The summed E-state index contributed by atoms with van der Waals surface area (Å²) in [7, 11) is 2.95. The second kappa shape index (κ2) is 5.80. The highest BCUT2D eigenvalue weighted by atomic mass is 16.5. The quantitative estimate of drug-likeness (QED) is 0.674. The van der Waals surface area contributed by atoms with Crippen LogP contribution >= 0.6 is 0 Å². The molecule has 0 aromatic heterocycles. The summed E-state index contributed by atoms with van der Waals surface area (Å²) in [6.45, 7) is 0. The van der Waals surface area contributed by atoms with Crippen molar-refractivity contribution in [3.05, 3.63) is 47.0 Å². The van der Waals surface area contributed by atoms with E-state index in [0.29, 0.717) is 16.5 Å². The molecule has 0 unspecified atom stereocenters. The summed E-state index contributed by atoms with van der Waals surface area (Å²) in [4.78, 5) is 0. The van der Waals surface area contributed by atoms with Gasteiger partial charge in [-0.1, -0.05) is 24.3 Å². The van der Waals surface area contributed by atoms with Crippen LogP contribution in [0.5, 0.6) is 11.5 Å².